The van der Waals surface area contributed by atoms with E-state index < -0.39 is 28.5 Å². The minimum absolute atomic E-state index is 0.0986. The highest BCUT2D eigenvalue weighted by Gasteiger charge is 2.32. The molecular formula is C27H37N3O6S. The van der Waals surface area contributed by atoms with Gasteiger partial charge in [0.25, 0.3) is 0 Å². The molecule has 1 N–H and O–H groups in total. The van der Waals surface area contributed by atoms with E-state index in [1.54, 1.807) is 19.1 Å². The summed E-state index contributed by atoms with van der Waals surface area (Å²) >= 11 is 0. The number of methoxy groups -OCH3 is 2. The van der Waals surface area contributed by atoms with Gasteiger partial charge in [0.1, 0.15) is 24.1 Å². The lowest BCUT2D eigenvalue weighted by Gasteiger charge is -2.32. The molecule has 37 heavy (non-hydrogen) atoms. The second-order valence-electron chi connectivity index (χ2n) is 9.42. The molecule has 0 unspecified atom stereocenters. The number of hydrogen-bond acceptors (Lipinski definition) is 6. The summed E-state index contributed by atoms with van der Waals surface area (Å²) in [4.78, 5) is 28.4. The van der Waals surface area contributed by atoms with E-state index in [9.17, 15) is 18.0 Å². The molecular weight excluding hydrogens is 494 g/mol. The van der Waals surface area contributed by atoms with Crippen molar-refractivity contribution in [2.24, 2.45) is 0 Å². The van der Waals surface area contributed by atoms with Gasteiger partial charge in [0.2, 0.25) is 21.8 Å². The number of anilines is 1. The molecule has 1 aliphatic carbocycles. The molecule has 0 aromatic heterocycles. The molecule has 3 rings (SSSR count). The van der Waals surface area contributed by atoms with E-state index in [4.69, 9.17) is 9.47 Å². The predicted octanol–water partition coefficient (Wildman–Crippen LogP) is 3.25. The maximum absolute atomic E-state index is 13.8. The highest BCUT2D eigenvalue weighted by atomic mass is 32.2. The Labute approximate surface area is 219 Å². The number of rotatable bonds is 11. The number of carbonyl (C=O) groups is 2. The summed E-state index contributed by atoms with van der Waals surface area (Å²) in [7, 11) is -0.969. The Morgan fingerprint density at radius 1 is 1.08 bits per heavy atom. The third-order valence-electron chi connectivity index (χ3n) is 6.81. The standard InChI is InChI=1S/C27H37N3O6S/c1-19-10-6-7-11-21(19)17-29(20(2)27(32)28-22-12-8-9-13-22)26(31)18-30(37(5,33)34)24-15-14-23(35-3)16-25(24)36-4/h6-7,10-11,14-16,20,22H,8-9,12-13,17-18H2,1-5H3,(H,28,32)/t20-/m0/s1. The van der Waals surface area contributed by atoms with Gasteiger partial charge in [-0.25, -0.2) is 8.42 Å². The van der Waals surface area contributed by atoms with Gasteiger partial charge in [0.15, 0.2) is 0 Å². The number of nitrogens with one attached hydrogen (secondary N) is 1. The van der Waals surface area contributed by atoms with E-state index in [0.717, 1.165) is 47.4 Å². The predicted molar refractivity (Wildman–Crippen MR) is 143 cm³/mol. The molecule has 202 valence electrons. The van der Waals surface area contributed by atoms with Crippen LogP contribution in [0.15, 0.2) is 42.5 Å². The first kappa shape index (κ1) is 28.3. The summed E-state index contributed by atoms with van der Waals surface area (Å²) in [5, 5.41) is 3.06. The summed E-state index contributed by atoms with van der Waals surface area (Å²) in [6.07, 6.45) is 5.01. The van der Waals surface area contributed by atoms with E-state index in [-0.39, 0.29) is 29.9 Å². The minimum atomic E-state index is -3.88. The number of ether oxygens (including phenoxy) is 2. The Kier molecular flexibility index (Phi) is 9.42. The van der Waals surface area contributed by atoms with Crippen molar-refractivity contribution in [3.05, 3.63) is 53.6 Å². The average molecular weight is 532 g/mol. The van der Waals surface area contributed by atoms with E-state index in [1.807, 2.05) is 31.2 Å². The van der Waals surface area contributed by atoms with Crippen molar-refractivity contribution in [1.82, 2.24) is 10.2 Å². The van der Waals surface area contributed by atoms with E-state index in [2.05, 4.69) is 5.32 Å². The van der Waals surface area contributed by atoms with Crippen LogP contribution >= 0.6 is 0 Å². The molecule has 2 aromatic carbocycles. The average Bonchev–Trinajstić information content (AvgIpc) is 3.38. The molecule has 0 spiro atoms. The number of carbonyl (C=O) groups excluding carboxylic acids is 2. The molecule has 1 saturated carbocycles. The monoisotopic (exact) mass is 531 g/mol. The molecule has 0 radical (unpaired) electrons. The first-order valence-electron chi connectivity index (χ1n) is 12.4. The number of sulfonamides is 1. The molecule has 0 aliphatic heterocycles. The molecule has 2 amide bonds. The van der Waals surface area contributed by atoms with Gasteiger partial charge in [-0.05, 0) is 49.9 Å². The van der Waals surface area contributed by atoms with Gasteiger partial charge < -0.3 is 19.7 Å². The van der Waals surface area contributed by atoms with Crippen LogP contribution in [0, 0.1) is 6.92 Å². The van der Waals surface area contributed by atoms with Crippen LogP contribution in [0.5, 0.6) is 11.5 Å². The van der Waals surface area contributed by atoms with Crippen LogP contribution in [0.4, 0.5) is 5.69 Å². The summed E-state index contributed by atoms with van der Waals surface area (Å²) in [5.74, 6) is -0.0174. The smallest absolute Gasteiger partial charge is 0.244 e. The first-order valence-corrected chi connectivity index (χ1v) is 14.2. The molecule has 1 aliphatic rings. The Bertz CT molecular complexity index is 1210. The Balaban J connectivity index is 1.94. The van der Waals surface area contributed by atoms with Gasteiger partial charge in [-0.1, -0.05) is 37.1 Å². The van der Waals surface area contributed by atoms with Crippen LogP contribution in [0.25, 0.3) is 0 Å². The maximum atomic E-state index is 13.8. The number of benzene rings is 2. The number of aryl methyl sites for hydroxylation is 1. The summed E-state index contributed by atoms with van der Waals surface area (Å²) in [5.41, 5.74) is 2.06. The van der Waals surface area contributed by atoms with E-state index in [0.29, 0.717) is 5.75 Å². The Morgan fingerprint density at radius 3 is 2.35 bits per heavy atom. The largest absolute Gasteiger partial charge is 0.497 e. The fraction of sp³-hybridized carbons (Fsp3) is 0.481. The van der Waals surface area contributed by atoms with Gasteiger partial charge >= 0.3 is 0 Å². The second-order valence-corrected chi connectivity index (χ2v) is 11.3. The van der Waals surface area contributed by atoms with Crippen molar-refractivity contribution >= 4 is 27.5 Å². The van der Waals surface area contributed by atoms with Crippen molar-refractivity contribution in [3.63, 3.8) is 0 Å². The molecule has 10 heteroatoms. The molecule has 0 saturated heterocycles. The van der Waals surface area contributed by atoms with E-state index >= 15 is 0 Å². The van der Waals surface area contributed by atoms with Gasteiger partial charge in [-0.15, -0.1) is 0 Å². The zero-order valence-corrected chi connectivity index (χ0v) is 23.0. The Hall–Kier alpha value is -3.27. The topological polar surface area (TPSA) is 105 Å². The van der Waals surface area contributed by atoms with Gasteiger partial charge in [-0.2, -0.15) is 0 Å². The molecule has 2 aromatic rings. The minimum Gasteiger partial charge on any atom is -0.497 e. The lowest BCUT2D eigenvalue weighted by molar-refractivity contribution is -0.139. The second kappa shape index (κ2) is 12.3. The van der Waals surface area contributed by atoms with Gasteiger partial charge in [-0.3, -0.25) is 13.9 Å². The fourth-order valence-corrected chi connectivity index (χ4v) is 5.38. The molecule has 0 heterocycles. The van der Waals surface area contributed by atoms with Crippen molar-refractivity contribution in [3.8, 4) is 11.5 Å². The van der Waals surface area contributed by atoms with Crippen molar-refractivity contribution in [2.75, 3.05) is 31.3 Å². The number of hydrogen-bond donors (Lipinski definition) is 1. The third-order valence-corrected chi connectivity index (χ3v) is 7.93. The summed E-state index contributed by atoms with van der Waals surface area (Å²) < 4.78 is 37.3. The SMILES string of the molecule is COc1ccc(N(CC(=O)N(Cc2ccccc2C)[C@@H](C)C(=O)NC2CCCC2)S(C)(=O)=O)c(OC)c1. The van der Waals surface area contributed by atoms with E-state index in [1.165, 1.54) is 25.2 Å². The quantitative estimate of drug-likeness (QED) is 0.477. The molecule has 1 fully saturated rings. The van der Waals surface area contributed by atoms with Gasteiger partial charge in [0.05, 0.1) is 26.2 Å². The molecule has 1 atom stereocenters. The van der Waals surface area contributed by atoms with Crippen LogP contribution in [0.1, 0.15) is 43.7 Å². The Morgan fingerprint density at radius 2 is 1.76 bits per heavy atom. The fourth-order valence-electron chi connectivity index (χ4n) is 4.53. The van der Waals surface area contributed by atoms with Crippen molar-refractivity contribution in [2.45, 2.75) is 58.2 Å². The normalized spacial score (nSPS) is 14.6. The van der Waals surface area contributed by atoms with Crippen LogP contribution in [-0.2, 0) is 26.2 Å². The summed E-state index contributed by atoms with van der Waals surface area (Å²) in [6.45, 7) is 3.29. The van der Waals surface area contributed by atoms with Crippen LogP contribution in [0.2, 0.25) is 0 Å². The maximum Gasteiger partial charge on any atom is 0.244 e. The zero-order valence-electron chi connectivity index (χ0n) is 22.2. The molecule has 9 nitrogen and oxygen atoms in total. The van der Waals surface area contributed by atoms with Crippen LogP contribution in [-0.4, -0.2) is 64.2 Å². The lowest BCUT2D eigenvalue weighted by Crippen LogP contribution is -2.52. The van der Waals surface area contributed by atoms with Crippen molar-refractivity contribution < 1.29 is 27.5 Å². The van der Waals surface area contributed by atoms with Gasteiger partial charge in [0, 0.05) is 18.7 Å². The zero-order chi connectivity index (χ0) is 27.2. The highest BCUT2D eigenvalue weighted by molar-refractivity contribution is 7.92. The first-order chi connectivity index (χ1) is 17.5. The number of amides is 2. The number of nitrogens with zero attached hydrogens (tertiary/aromatic N) is 2. The lowest BCUT2D eigenvalue weighted by atomic mass is 10.1. The highest BCUT2D eigenvalue weighted by Crippen LogP contribution is 2.33. The molecule has 0 bridgehead atoms. The summed E-state index contributed by atoms with van der Waals surface area (Å²) in [6, 6.07) is 11.6. The third kappa shape index (κ3) is 7.15. The van der Waals surface area contributed by atoms with Crippen LogP contribution < -0.4 is 19.1 Å². The van der Waals surface area contributed by atoms with Crippen LogP contribution in [0.3, 0.4) is 0 Å². The van der Waals surface area contributed by atoms with Crippen molar-refractivity contribution in [1.29, 1.82) is 0 Å².